The second-order valence-electron chi connectivity index (χ2n) is 5.69. The first-order valence-electron chi connectivity index (χ1n) is 7.91. The van der Waals surface area contributed by atoms with Crippen LogP contribution in [-0.2, 0) is 0 Å². The van der Waals surface area contributed by atoms with E-state index in [9.17, 15) is 9.59 Å². The molecule has 0 aliphatic carbocycles. The van der Waals surface area contributed by atoms with Gasteiger partial charge >= 0.3 is 0 Å². The van der Waals surface area contributed by atoms with E-state index in [1.54, 1.807) is 48.5 Å². The van der Waals surface area contributed by atoms with Gasteiger partial charge in [-0.15, -0.1) is 0 Å². The summed E-state index contributed by atoms with van der Waals surface area (Å²) in [7, 11) is 0. The number of nitrogens with one attached hydrogen (secondary N) is 1. The predicted octanol–water partition coefficient (Wildman–Crippen LogP) is 5.61. The van der Waals surface area contributed by atoms with Gasteiger partial charge in [-0.25, -0.2) is 0 Å². The summed E-state index contributed by atoms with van der Waals surface area (Å²) in [4.78, 5) is 25.5. The molecule has 7 heteroatoms. The number of carbonyl (C=O) groups excluding carboxylic acids is 1. The van der Waals surface area contributed by atoms with Crippen molar-refractivity contribution in [1.29, 1.82) is 0 Å². The van der Waals surface area contributed by atoms with Crippen molar-refractivity contribution in [3.63, 3.8) is 0 Å². The Morgan fingerprint density at radius 2 is 1.78 bits per heavy atom. The highest BCUT2D eigenvalue weighted by molar-refractivity contribution is 6.42. The standard InChI is InChI=1S/C20H11Cl2NO4/c21-13-8-7-11(10-14(13)22)17-18(24)12-4-1-2-5-15(12)27-20(17)23-19(25)16-6-3-9-26-16/h1-10H,(H,23,25). The van der Waals surface area contributed by atoms with E-state index in [1.807, 2.05) is 0 Å². The normalized spacial score (nSPS) is 10.9. The van der Waals surface area contributed by atoms with Crippen molar-refractivity contribution in [1.82, 2.24) is 0 Å². The van der Waals surface area contributed by atoms with Gasteiger partial charge in [0, 0.05) is 0 Å². The first kappa shape index (κ1) is 17.4. The lowest BCUT2D eigenvalue weighted by Crippen LogP contribution is -2.16. The number of benzene rings is 2. The van der Waals surface area contributed by atoms with Crippen molar-refractivity contribution in [2.75, 3.05) is 5.32 Å². The zero-order valence-corrected chi connectivity index (χ0v) is 15.2. The molecule has 0 saturated heterocycles. The summed E-state index contributed by atoms with van der Waals surface area (Å²) in [6.07, 6.45) is 1.38. The van der Waals surface area contributed by atoms with E-state index in [-0.39, 0.29) is 27.7 Å². The van der Waals surface area contributed by atoms with Gasteiger partial charge in [0.15, 0.2) is 5.76 Å². The van der Waals surface area contributed by atoms with Gasteiger partial charge in [0.2, 0.25) is 11.3 Å². The van der Waals surface area contributed by atoms with Crippen LogP contribution in [0, 0.1) is 0 Å². The summed E-state index contributed by atoms with van der Waals surface area (Å²) in [5.41, 5.74) is 0.692. The number of anilines is 1. The number of fused-ring (bicyclic) bond motifs is 1. The average molecular weight is 400 g/mol. The van der Waals surface area contributed by atoms with E-state index in [2.05, 4.69) is 5.32 Å². The van der Waals surface area contributed by atoms with E-state index in [4.69, 9.17) is 32.0 Å². The van der Waals surface area contributed by atoms with Crippen LogP contribution in [0.15, 0.2) is 74.5 Å². The average Bonchev–Trinajstić information content (AvgIpc) is 3.19. The zero-order chi connectivity index (χ0) is 19.0. The number of furan rings is 1. The van der Waals surface area contributed by atoms with E-state index in [0.29, 0.717) is 21.6 Å². The molecule has 2 heterocycles. The van der Waals surface area contributed by atoms with Gasteiger partial charge < -0.3 is 8.83 Å². The highest BCUT2D eigenvalue weighted by Gasteiger charge is 2.20. The molecule has 2 aromatic heterocycles. The Morgan fingerprint density at radius 1 is 0.963 bits per heavy atom. The van der Waals surface area contributed by atoms with Crippen molar-refractivity contribution < 1.29 is 13.6 Å². The van der Waals surface area contributed by atoms with Gasteiger partial charge in [-0.3, -0.25) is 14.9 Å². The summed E-state index contributed by atoms with van der Waals surface area (Å²) >= 11 is 12.1. The molecule has 1 amide bonds. The van der Waals surface area contributed by atoms with Crippen LogP contribution in [0.4, 0.5) is 5.88 Å². The lowest BCUT2D eigenvalue weighted by Gasteiger charge is -2.11. The Bertz CT molecular complexity index is 1210. The van der Waals surface area contributed by atoms with Gasteiger partial charge in [0.25, 0.3) is 5.91 Å². The Labute approximate surface area is 163 Å². The summed E-state index contributed by atoms with van der Waals surface area (Å²) in [5.74, 6) is -0.455. The van der Waals surface area contributed by atoms with Crippen molar-refractivity contribution in [2.24, 2.45) is 0 Å². The molecule has 0 unspecified atom stereocenters. The van der Waals surface area contributed by atoms with E-state index in [1.165, 1.54) is 12.3 Å². The highest BCUT2D eigenvalue weighted by atomic mass is 35.5. The fraction of sp³-hybridized carbons (Fsp3) is 0. The minimum atomic E-state index is -0.542. The SMILES string of the molecule is O=C(Nc1oc2ccccc2c(=O)c1-c1ccc(Cl)c(Cl)c1)c1ccco1. The van der Waals surface area contributed by atoms with E-state index >= 15 is 0 Å². The Kier molecular flexibility index (Phi) is 4.48. The third-order valence-corrected chi connectivity index (χ3v) is 4.72. The molecule has 0 aliphatic rings. The van der Waals surface area contributed by atoms with Gasteiger partial charge in [-0.2, -0.15) is 0 Å². The van der Waals surface area contributed by atoms with E-state index < -0.39 is 5.91 Å². The van der Waals surface area contributed by atoms with Crippen LogP contribution in [0.2, 0.25) is 10.0 Å². The first-order chi connectivity index (χ1) is 13.0. The van der Waals surface area contributed by atoms with Gasteiger partial charge in [-0.05, 0) is 42.0 Å². The summed E-state index contributed by atoms with van der Waals surface area (Å²) < 4.78 is 10.9. The molecule has 0 atom stereocenters. The smallest absolute Gasteiger partial charge is 0.293 e. The largest absolute Gasteiger partial charge is 0.459 e. The number of hydrogen-bond donors (Lipinski definition) is 1. The monoisotopic (exact) mass is 399 g/mol. The van der Waals surface area contributed by atoms with Crippen LogP contribution in [0.1, 0.15) is 10.6 Å². The Morgan fingerprint density at radius 3 is 2.52 bits per heavy atom. The maximum absolute atomic E-state index is 13.1. The zero-order valence-electron chi connectivity index (χ0n) is 13.7. The molecule has 0 spiro atoms. The minimum Gasteiger partial charge on any atom is -0.459 e. The topological polar surface area (TPSA) is 72.5 Å². The fourth-order valence-electron chi connectivity index (χ4n) is 2.72. The molecular weight excluding hydrogens is 389 g/mol. The second kappa shape index (κ2) is 6.95. The Balaban J connectivity index is 1.94. The first-order valence-corrected chi connectivity index (χ1v) is 8.66. The number of halogens is 2. The quantitative estimate of drug-likeness (QED) is 0.485. The molecule has 4 rings (SSSR count). The number of para-hydroxylation sites is 1. The molecule has 4 aromatic rings. The lowest BCUT2D eigenvalue weighted by atomic mass is 10.0. The fourth-order valence-corrected chi connectivity index (χ4v) is 3.01. The maximum atomic E-state index is 13.1. The summed E-state index contributed by atoms with van der Waals surface area (Å²) in [6, 6.07) is 14.6. The van der Waals surface area contributed by atoms with Gasteiger partial charge in [0.1, 0.15) is 5.58 Å². The molecule has 1 N–H and O–H groups in total. The molecule has 0 bridgehead atoms. The number of carbonyl (C=O) groups is 1. The van der Waals surface area contributed by atoms with Crippen LogP contribution in [0.25, 0.3) is 22.1 Å². The van der Waals surface area contributed by atoms with Gasteiger partial charge in [-0.1, -0.05) is 41.4 Å². The molecule has 0 fully saturated rings. The molecule has 0 aliphatic heterocycles. The molecule has 2 aromatic carbocycles. The van der Waals surface area contributed by atoms with E-state index in [0.717, 1.165) is 0 Å². The molecule has 27 heavy (non-hydrogen) atoms. The Hall–Kier alpha value is -3.02. The third-order valence-electron chi connectivity index (χ3n) is 3.98. The molecule has 0 saturated carbocycles. The molecule has 5 nitrogen and oxygen atoms in total. The summed E-state index contributed by atoms with van der Waals surface area (Å²) in [6.45, 7) is 0. The van der Waals surface area contributed by atoms with Crippen molar-refractivity contribution in [3.05, 3.63) is 86.9 Å². The van der Waals surface area contributed by atoms with Crippen molar-refractivity contribution >= 4 is 46.0 Å². The predicted molar refractivity (Wildman–Crippen MR) is 105 cm³/mol. The van der Waals surface area contributed by atoms with Crippen molar-refractivity contribution in [2.45, 2.75) is 0 Å². The van der Waals surface area contributed by atoms with Crippen LogP contribution in [0.3, 0.4) is 0 Å². The summed E-state index contributed by atoms with van der Waals surface area (Å²) in [5, 5.41) is 3.62. The minimum absolute atomic E-state index is 0.00140. The van der Waals surface area contributed by atoms with Crippen LogP contribution < -0.4 is 10.7 Å². The van der Waals surface area contributed by atoms with Crippen molar-refractivity contribution in [3.8, 4) is 11.1 Å². The van der Waals surface area contributed by atoms with Gasteiger partial charge in [0.05, 0.1) is 27.3 Å². The highest BCUT2D eigenvalue weighted by Crippen LogP contribution is 2.33. The van der Waals surface area contributed by atoms with Crippen LogP contribution in [-0.4, -0.2) is 5.91 Å². The van der Waals surface area contributed by atoms with Crippen LogP contribution in [0.5, 0.6) is 0 Å². The van der Waals surface area contributed by atoms with Crippen LogP contribution >= 0.6 is 23.2 Å². The number of hydrogen-bond acceptors (Lipinski definition) is 4. The maximum Gasteiger partial charge on any atom is 0.293 e. The lowest BCUT2D eigenvalue weighted by molar-refractivity contribution is 0.0994. The molecular formula is C20H11Cl2NO4. The molecule has 134 valence electrons. The molecule has 0 radical (unpaired) electrons. The second-order valence-corrected chi connectivity index (χ2v) is 6.51. The number of amides is 1. The third kappa shape index (κ3) is 3.23. The number of rotatable bonds is 3.